The summed E-state index contributed by atoms with van der Waals surface area (Å²) in [5, 5.41) is 0. The van der Waals surface area contributed by atoms with Crippen LogP contribution in [-0.2, 0) is 19.1 Å². The number of ether oxygens (including phenoxy) is 2. The highest BCUT2D eigenvalue weighted by Gasteiger charge is 2.23. The first-order valence-corrected chi connectivity index (χ1v) is 10.6. The number of hydrogen-bond acceptors (Lipinski definition) is 4. The standard InChI is InChI=1S/C23H40O4/c1-6-7-8-9-10-11-12-13-14-15-16-19-26-21(24)17-18-22(25)27-20(2)23(3,4)5/h20H,6-14,17-19H2,1-5H3. The normalized spacial score (nSPS) is 12.0. The summed E-state index contributed by atoms with van der Waals surface area (Å²) in [6.07, 6.45) is 11.0. The van der Waals surface area contributed by atoms with Crippen LogP contribution in [0.1, 0.15) is 105 Å². The molecule has 156 valence electrons. The zero-order chi connectivity index (χ0) is 20.5. The Morgan fingerprint density at radius 3 is 2.00 bits per heavy atom. The largest absolute Gasteiger partial charge is 0.462 e. The molecular weight excluding hydrogens is 340 g/mol. The lowest BCUT2D eigenvalue weighted by atomic mass is 9.90. The Morgan fingerprint density at radius 1 is 0.852 bits per heavy atom. The maximum atomic E-state index is 11.7. The van der Waals surface area contributed by atoms with Gasteiger partial charge in [-0.05, 0) is 18.8 Å². The van der Waals surface area contributed by atoms with Gasteiger partial charge >= 0.3 is 11.9 Å². The van der Waals surface area contributed by atoms with Crippen molar-refractivity contribution in [1.29, 1.82) is 0 Å². The van der Waals surface area contributed by atoms with Crippen LogP contribution < -0.4 is 0 Å². The van der Waals surface area contributed by atoms with E-state index in [1.807, 2.05) is 27.7 Å². The first-order chi connectivity index (χ1) is 12.8. The number of hydrogen-bond donors (Lipinski definition) is 0. The highest BCUT2D eigenvalue weighted by atomic mass is 16.5. The van der Waals surface area contributed by atoms with Gasteiger partial charge in [-0.3, -0.25) is 9.59 Å². The molecule has 0 aliphatic rings. The maximum Gasteiger partial charge on any atom is 0.307 e. The molecule has 27 heavy (non-hydrogen) atoms. The molecule has 0 aromatic rings. The smallest absolute Gasteiger partial charge is 0.307 e. The summed E-state index contributed by atoms with van der Waals surface area (Å²) in [5.74, 6) is 5.13. The Morgan fingerprint density at radius 2 is 1.41 bits per heavy atom. The molecule has 0 rings (SSSR count). The van der Waals surface area contributed by atoms with Gasteiger partial charge < -0.3 is 9.47 Å². The van der Waals surface area contributed by atoms with Gasteiger partial charge in [0.15, 0.2) is 6.61 Å². The van der Waals surface area contributed by atoms with Crippen molar-refractivity contribution in [2.45, 2.75) is 111 Å². The Kier molecular flexibility index (Phi) is 14.7. The summed E-state index contributed by atoms with van der Waals surface area (Å²) >= 11 is 0. The topological polar surface area (TPSA) is 52.6 Å². The van der Waals surface area contributed by atoms with Crippen molar-refractivity contribution in [3.05, 3.63) is 0 Å². The quantitative estimate of drug-likeness (QED) is 0.229. The molecule has 1 atom stereocenters. The van der Waals surface area contributed by atoms with Gasteiger partial charge in [-0.25, -0.2) is 0 Å². The average Bonchev–Trinajstić information content (AvgIpc) is 2.60. The Labute approximate surface area is 166 Å². The van der Waals surface area contributed by atoms with E-state index in [1.54, 1.807) is 0 Å². The van der Waals surface area contributed by atoms with Gasteiger partial charge in [-0.2, -0.15) is 0 Å². The van der Waals surface area contributed by atoms with Gasteiger partial charge in [0.1, 0.15) is 6.10 Å². The van der Waals surface area contributed by atoms with Crippen molar-refractivity contribution in [2.24, 2.45) is 5.41 Å². The molecule has 0 bridgehead atoms. The summed E-state index contributed by atoms with van der Waals surface area (Å²) in [6, 6.07) is 0. The van der Waals surface area contributed by atoms with Crippen LogP contribution in [0.25, 0.3) is 0 Å². The van der Waals surface area contributed by atoms with Gasteiger partial charge in [0.05, 0.1) is 12.8 Å². The van der Waals surface area contributed by atoms with Crippen molar-refractivity contribution < 1.29 is 19.1 Å². The van der Waals surface area contributed by atoms with Crippen LogP contribution in [0.4, 0.5) is 0 Å². The number of carbonyl (C=O) groups is 2. The number of rotatable bonds is 13. The van der Waals surface area contributed by atoms with E-state index in [0.29, 0.717) is 0 Å². The van der Waals surface area contributed by atoms with Gasteiger partial charge in [-0.1, -0.05) is 84.5 Å². The third kappa shape index (κ3) is 16.4. The number of esters is 2. The molecule has 4 nitrogen and oxygen atoms in total. The van der Waals surface area contributed by atoms with Crippen molar-refractivity contribution >= 4 is 11.9 Å². The molecule has 0 aliphatic heterocycles. The molecular formula is C23H40O4. The summed E-state index contributed by atoms with van der Waals surface area (Å²) in [6.45, 7) is 10.2. The minimum Gasteiger partial charge on any atom is -0.462 e. The van der Waals surface area contributed by atoms with Crippen molar-refractivity contribution in [3.8, 4) is 11.8 Å². The maximum absolute atomic E-state index is 11.7. The Bertz CT molecular complexity index is 465. The van der Waals surface area contributed by atoms with E-state index in [0.717, 1.165) is 12.8 Å². The van der Waals surface area contributed by atoms with Crippen molar-refractivity contribution in [1.82, 2.24) is 0 Å². The van der Waals surface area contributed by atoms with Crippen LogP contribution >= 0.6 is 0 Å². The first-order valence-electron chi connectivity index (χ1n) is 10.6. The van der Waals surface area contributed by atoms with Gasteiger partial charge in [0.25, 0.3) is 0 Å². The van der Waals surface area contributed by atoms with E-state index in [9.17, 15) is 9.59 Å². The highest BCUT2D eigenvalue weighted by Crippen LogP contribution is 2.22. The van der Waals surface area contributed by atoms with Crippen LogP contribution in [0.5, 0.6) is 0 Å². The molecule has 0 aromatic heterocycles. The highest BCUT2D eigenvalue weighted by molar-refractivity contribution is 5.77. The Balaban J connectivity index is 3.61. The van der Waals surface area contributed by atoms with Crippen LogP contribution in [0, 0.1) is 17.3 Å². The summed E-state index contributed by atoms with van der Waals surface area (Å²) in [5.41, 5.74) is -0.110. The molecule has 0 spiro atoms. The molecule has 0 saturated heterocycles. The van der Waals surface area contributed by atoms with Crippen molar-refractivity contribution in [3.63, 3.8) is 0 Å². The van der Waals surface area contributed by atoms with Gasteiger partial charge in [0, 0.05) is 6.42 Å². The van der Waals surface area contributed by atoms with Crippen molar-refractivity contribution in [2.75, 3.05) is 6.61 Å². The first kappa shape index (κ1) is 25.5. The van der Waals surface area contributed by atoms with E-state index >= 15 is 0 Å². The van der Waals surface area contributed by atoms with E-state index in [2.05, 4.69) is 18.8 Å². The molecule has 0 saturated carbocycles. The average molecular weight is 381 g/mol. The van der Waals surface area contributed by atoms with Gasteiger partial charge in [-0.15, -0.1) is 0 Å². The summed E-state index contributed by atoms with van der Waals surface area (Å²) in [7, 11) is 0. The summed E-state index contributed by atoms with van der Waals surface area (Å²) in [4.78, 5) is 23.3. The third-order valence-electron chi connectivity index (χ3n) is 4.65. The molecule has 0 N–H and O–H groups in total. The lowest BCUT2D eigenvalue weighted by molar-refractivity contribution is -0.156. The van der Waals surface area contributed by atoms with Gasteiger partial charge in [0.2, 0.25) is 0 Å². The van der Waals surface area contributed by atoms with E-state index < -0.39 is 5.97 Å². The number of unbranched alkanes of at least 4 members (excludes halogenated alkanes) is 8. The fraction of sp³-hybridized carbons (Fsp3) is 0.826. The zero-order valence-corrected chi connectivity index (χ0v) is 18.2. The molecule has 0 radical (unpaired) electrons. The molecule has 0 fully saturated rings. The zero-order valence-electron chi connectivity index (χ0n) is 18.2. The van der Waals surface area contributed by atoms with Crippen LogP contribution in [-0.4, -0.2) is 24.6 Å². The minimum absolute atomic E-state index is 0.0371. The SMILES string of the molecule is CCCCCCCCCCC#CCOC(=O)CCC(=O)OC(C)C(C)(C)C. The molecule has 0 aliphatic carbocycles. The monoisotopic (exact) mass is 380 g/mol. The molecule has 0 aromatic carbocycles. The second-order valence-electron chi connectivity index (χ2n) is 8.24. The number of carbonyl (C=O) groups excluding carboxylic acids is 2. The fourth-order valence-electron chi connectivity index (χ4n) is 2.31. The van der Waals surface area contributed by atoms with E-state index in [-0.39, 0.29) is 36.9 Å². The molecule has 0 amide bonds. The van der Waals surface area contributed by atoms with Crippen LogP contribution in [0.15, 0.2) is 0 Å². The van der Waals surface area contributed by atoms with E-state index in [1.165, 1.54) is 44.9 Å². The third-order valence-corrected chi connectivity index (χ3v) is 4.65. The molecule has 0 heterocycles. The van der Waals surface area contributed by atoms with E-state index in [4.69, 9.17) is 9.47 Å². The molecule has 4 heteroatoms. The lowest BCUT2D eigenvalue weighted by Gasteiger charge is -2.26. The lowest BCUT2D eigenvalue weighted by Crippen LogP contribution is -2.28. The van der Waals surface area contributed by atoms with Crippen LogP contribution in [0.3, 0.4) is 0 Å². The minimum atomic E-state index is -0.406. The predicted octanol–water partition coefficient (Wildman–Crippen LogP) is 5.82. The van der Waals surface area contributed by atoms with Crippen LogP contribution in [0.2, 0.25) is 0 Å². The molecule has 1 unspecified atom stereocenters. The second kappa shape index (κ2) is 15.5. The fourth-order valence-corrected chi connectivity index (χ4v) is 2.31. The predicted molar refractivity (Wildman–Crippen MR) is 110 cm³/mol. The Hall–Kier alpha value is -1.50. The second-order valence-corrected chi connectivity index (χ2v) is 8.24. The summed E-state index contributed by atoms with van der Waals surface area (Å²) < 4.78 is 10.3.